The predicted octanol–water partition coefficient (Wildman–Crippen LogP) is 11.1. The minimum Gasteiger partial charge on any atom is -0.756 e. The largest absolute Gasteiger partial charge is 0.756 e. The first-order valence-corrected chi connectivity index (χ1v) is 22.7. The van der Waals surface area contributed by atoms with Crippen LogP contribution in [0.5, 0.6) is 0 Å². The number of ether oxygens (including phenoxy) is 2. The van der Waals surface area contributed by atoms with Gasteiger partial charge in [-0.25, -0.2) is 0 Å². The Labute approximate surface area is 325 Å². The summed E-state index contributed by atoms with van der Waals surface area (Å²) in [4.78, 5) is 37.4. The van der Waals surface area contributed by atoms with Crippen LogP contribution in [0.4, 0.5) is 0 Å². The Bertz CT molecular complexity index is 1010. The van der Waals surface area contributed by atoms with E-state index in [1.165, 1.54) is 64.2 Å². The predicted molar refractivity (Wildman–Crippen MR) is 217 cm³/mol. The van der Waals surface area contributed by atoms with Gasteiger partial charge in [0.25, 0.3) is 7.82 Å². The zero-order valence-corrected chi connectivity index (χ0v) is 35.6. The van der Waals surface area contributed by atoms with Crippen LogP contribution in [0, 0.1) is 0 Å². The van der Waals surface area contributed by atoms with Gasteiger partial charge in [-0.05, 0) is 64.2 Å². The summed E-state index contributed by atoms with van der Waals surface area (Å²) in [5.41, 5.74) is 0. The molecule has 0 aromatic rings. The van der Waals surface area contributed by atoms with Crippen LogP contribution in [-0.2, 0) is 32.7 Å². The van der Waals surface area contributed by atoms with Gasteiger partial charge in [-0.15, -0.1) is 0 Å². The molecule has 0 aromatic carbocycles. The van der Waals surface area contributed by atoms with Gasteiger partial charge in [-0.3, -0.25) is 14.2 Å². The average molecular weight is 770 g/mol. The summed E-state index contributed by atoms with van der Waals surface area (Å²) in [5, 5.41) is 0. The molecule has 1 unspecified atom stereocenters. The summed E-state index contributed by atoms with van der Waals surface area (Å²) in [5.74, 6) is -0.870. The number of carbonyl (C=O) groups is 2. The Morgan fingerprint density at radius 2 is 1.04 bits per heavy atom. The molecule has 9 nitrogen and oxygen atoms in total. The van der Waals surface area contributed by atoms with E-state index in [0.717, 1.165) is 70.6 Å². The summed E-state index contributed by atoms with van der Waals surface area (Å²) in [6.45, 7) is 4.14. The molecule has 0 saturated heterocycles. The number of nitrogens with zero attached hydrogens (tertiary/aromatic N) is 1. The normalized spacial score (nSPS) is 14.0. The number of phosphoric acid groups is 1. The second-order valence-electron chi connectivity index (χ2n) is 15.3. The standard InChI is InChI=1S/C43H80NO8P/c1-6-8-10-12-14-16-18-20-22-24-26-28-30-32-34-36-43(46)52-41(40-51-53(47,48)50-38-37-44(3,4)5)39-49-42(45)35-33-31-29-27-25-23-21-19-17-15-13-11-9-7-2/h13,15,19,21,24,26,41H,6-12,14,16-18,20,22-23,25,27-40H2,1-5H3/b15-13+,21-19+,26-24+/t41-/m1/s1. The van der Waals surface area contributed by atoms with Crippen molar-refractivity contribution in [2.24, 2.45) is 0 Å². The lowest BCUT2D eigenvalue weighted by Gasteiger charge is -2.28. The van der Waals surface area contributed by atoms with E-state index in [2.05, 4.69) is 50.3 Å². The van der Waals surface area contributed by atoms with Crippen molar-refractivity contribution in [2.45, 2.75) is 180 Å². The summed E-state index contributed by atoms with van der Waals surface area (Å²) in [7, 11) is 1.15. The zero-order chi connectivity index (χ0) is 39.3. The lowest BCUT2D eigenvalue weighted by molar-refractivity contribution is -0.870. The number of rotatable bonds is 38. The first kappa shape index (κ1) is 51.2. The average Bonchev–Trinajstić information content (AvgIpc) is 3.10. The van der Waals surface area contributed by atoms with Crippen molar-refractivity contribution in [2.75, 3.05) is 47.5 Å². The Kier molecular flexibility index (Phi) is 34.7. The fourth-order valence-corrected chi connectivity index (χ4v) is 6.22. The van der Waals surface area contributed by atoms with Gasteiger partial charge in [0.2, 0.25) is 0 Å². The second-order valence-corrected chi connectivity index (χ2v) is 16.8. The van der Waals surface area contributed by atoms with Gasteiger partial charge in [0.05, 0.1) is 27.7 Å². The molecule has 0 bridgehead atoms. The zero-order valence-electron chi connectivity index (χ0n) is 34.7. The summed E-state index contributed by atoms with van der Waals surface area (Å²) in [6.07, 6.45) is 38.8. The molecule has 0 aliphatic rings. The molecule has 10 heteroatoms. The maximum atomic E-state index is 12.6. The first-order chi connectivity index (χ1) is 25.5. The first-order valence-electron chi connectivity index (χ1n) is 21.2. The number of allylic oxidation sites excluding steroid dienone is 6. The van der Waals surface area contributed by atoms with E-state index in [-0.39, 0.29) is 26.1 Å². The van der Waals surface area contributed by atoms with E-state index in [4.69, 9.17) is 18.5 Å². The Morgan fingerprint density at radius 3 is 1.58 bits per heavy atom. The van der Waals surface area contributed by atoms with Gasteiger partial charge < -0.3 is 27.9 Å². The van der Waals surface area contributed by atoms with Crippen LogP contribution in [0.15, 0.2) is 36.5 Å². The lowest BCUT2D eigenvalue weighted by Crippen LogP contribution is -2.37. The Balaban J connectivity index is 4.43. The van der Waals surface area contributed by atoms with Crippen molar-refractivity contribution in [1.82, 2.24) is 0 Å². The number of likely N-dealkylation sites (N-methyl/N-ethyl adjacent to an activating group) is 1. The van der Waals surface area contributed by atoms with Crippen LogP contribution in [0.1, 0.15) is 174 Å². The van der Waals surface area contributed by atoms with Crippen LogP contribution in [0.2, 0.25) is 0 Å². The minimum atomic E-state index is -4.63. The van der Waals surface area contributed by atoms with E-state index in [1.807, 2.05) is 21.1 Å². The monoisotopic (exact) mass is 770 g/mol. The molecule has 0 N–H and O–H groups in total. The molecule has 0 heterocycles. The molecule has 0 spiro atoms. The van der Waals surface area contributed by atoms with E-state index < -0.39 is 32.5 Å². The molecule has 0 amide bonds. The molecule has 0 aliphatic carbocycles. The van der Waals surface area contributed by atoms with Crippen LogP contribution >= 0.6 is 7.82 Å². The molecule has 53 heavy (non-hydrogen) atoms. The molecule has 0 saturated carbocycles. The maximum absolute atomic E-state index is 12.6. The number of hydrogen-bond acceptors (Lipinski definition) is 8. The maximum Gasteiger partial charge on any atom is 0.306 e. The third-order valence-electron chi connectivity index (χ3n) is 8.88. The van der Waals surface area contributed by atoms with Crippen molar-refractivity contribution < 1.29 is 42.1 Å². The molecule has 0 rings (SSSR count). The van der Waals surface area contributed by atoms with Gasteiger partial charge in [-0.2, -0.15) is 0 Å². The van der Waals surface area contributed by atoms with Gasteiger partial charge in [0.1, 0.15) is 19.8 Å². The van der Waals surface area contributed by atoms with Crippen molar-refractivity contribution in [3.05, 3.63) is 36.5 Å². The highest BCUT2D eigenvalue weighted by Gasteiger charge is 2.21. The van der Waals surface area contributed by atoms with Crippen molar-refractivity contribution in [1.29, 1.82) is 0 Å². The second kappa shape index (κ2) is 35.9. The van der Waals surface area contributed by atoms with E-state index in [1.54, 1.807) is 0 Å². The van der Waals surface area contributed by atoms with Crippen molar-refractivity contribution in [3.63, 3.8) is 0 Å². The lowest BCUT2D eigenvalue weighted by atomic mass is 10.1. The summed E-state index contributed by atoms with van der Waals surface area (Å²) < 4.78 is 33.8. The van der Waals surface area contributed by atoms with Gasteiger partial charge >= 0.3 is 11.9 Å². The highest BCUT2D eigenvalue weighted by molar-refractivity contribution is 7.45. The van der Waals surface area contributed by atoms with Crippen LogP contribution in [0.3, 0.4) is 0 Å². The Hall–Kier alpha value is -1.77. The Morgan fingerprint density at radius 1 is 0.585 bits per heavy atom. The summed E-state index contributed by atoms with van der Waals surface area (Å²) >= 11 is 0. The third-order valence-corrected chi connectivity index (χ3v) is 9.85. The molecule has 2 atom stereocenters. The SMILES string of the molecule is CCCC/C=C/C/C=C/CCCCCCCC(=O)OC[C@H](COP(=O)([O-])OCC[N+](C)(C)C)OC(=O)CCCCC/C=C/CCCCCCCCCC. The minimum absolute atomic E-state index is 0.0361. The number of esters is 2. The topological polar surface area (TPSA) is 111 Å². The molecular formula is C43H80NO8P. The quantitative estimate of drug-likeness (QED) is 0.0201. The number of quaternary nitrogens is 1. The fourth-order valence-electron chi connectivity index (χ4n) is 5.49. The van der Waals surface area contributed by atoms with Gasteiger partial charge in [-0.1, -0.05) is 134 Å². The fraction of sp³-hybridized carbons (Fsp3) is 0.814. The van der Waals surface area contributed by atoms with Gasteiger partial charge in [0.15, 0.2) is 6.10 Å². The number of unbranched alkanes of at least 4 members (excludes halogenated alkanes) is 18. The van der Waals surface area contributed by atoms with Crippen LogP contribution < -0.4 is 4.89 Å². The van der Waals surface area contributed by atoms with E-state index in [9.17, 15) is 19.0 Å². The summed E-state index contributed by atoms with van der Waals surface area (Å²) in [6, 6.07) is 0. The van der Waals surface area contributed by atoms with Crippen LogP contribution in [-0.4, -0.2) is 70.0 Å². The van der Waals surface area contributed by atoms with Crippen molar-refractivity contribution in [3.8, 4) is 0 Å². The van der Waals surface area contributed by atoms with E-state index in [0.29, 0.717) is 23.9 Å². The molecule has 0 radical (unpaired) electrons. The molecule has 0 aromatic heterocycles. The molecule has 0 fully saturated rings. The molecular weight excluding hydrogens is 689 g/mol. The smallest absolute Gasteiger partial charge is 0.306 e. The van der Waals surface area contributed by atoms with Crippen molar-refractivity contribution >= 4 is 19.8 Å². The number of phosphoric ester groups is 1. The highest BCUT2D eigenvalue weighted by Crippen LogP contribution is 2.38. The third kappa shape index (κ3) is 39.7. The number of hydrogen-bond donors (Lipinski definition) is 0. The highest BCUT2D eigenvalue weighted by atomic mass is 31.2. The molecule has 0 aliphatic heterocycles. The number of carbonyl (C=O) groups excluding carboxylic acids is 2. The molecule has 310 valence electrons. The van der Waals surface area contributed by atoms with E-state index >= 15 is 0 Å². The van der Waals surface area contributed by atoms with Crippen LogP contribution in [0.25, 0.3) is 0 Å². The van der Waals surface area contributed by atoms with Gasteiger partial charge in [0, 0.05) is 12.8 Å².